The Labute approximate surface area is 583 Å². The van der Waals surface area contributed by atoms with E-state index in [2.05, 4.69) is 103 Å². The van der Waals surface area contributed by atoms with Crippen LogP contribution >= 0.6 is 22.6 Å². The molecule has 96 heavy (non-hydrogen) atoms. The fraction of sp³-hybridized carbons (Fsp3) is 0.932. The van der Waals surface area contributed by atoms with E-state index in [0.717, 1.165) is 50.4 Å². The van der Waals surface area contributed by atoms with Crippen molar-refractivity contribution in [3.8, 4) is 0 Å². The second-order valence-electron chi connectivity index (χ2n) is 35.7. The summed E-state index contributed by atoms with van der Waals surface area (Å²) in [5.74, 6) is -0.00752. The first-order chi connectivity index (χ1) is 44.9. The second kappa shape index (κ2) is 27.7. The van der Waals surface area contributed by atoms with Gasteiger partial charge in [-0.1, -0.05) is 123 Å². The SMILES string of the molecule is CC(C)CCC[C@@H](N)C1CCC2C3CCC4CC(OC(=O)N[C@H]5C(CO)O[C@@H](OC(=O)[C@@]6(CCC(C)(C)C)C(O)C[C@]7(C)C(=CCC8C9(C)CC[C@H](O)C(C)(C=O)C9CCC87C)C6I)C(O[C@@H]6OC(C)[C@H](O[C@H]7CC(O)(O)[C@H](O)CO7)C(O)C6O)C5O)CCC4(C)C3CCC21C. The molecule has 11 rings (SSSR count). The Balaban J connectivity index is 0.834. The highest BCUT2D eigenvalue weighted by molar-refractivity contribution is 14.1. The molecule has 0 aromatic rings. The number of nitrogens with one attached hydrogen (secondary N) is 1. The summed E-state index contributed by atoms with van der Waals surface area (Å²) in [6.45, 7) is 24.6. The van der Waals surface area contributed by atoms with E-state index < -0.39 is 155 Å². The molecule has 0 bridgehead atoms. The molecule has 31 atom stereocenters. The van der Waals surface area contributed by atoms with Crippen molar-refractivity contribution in [2.45, 2.75) is 326 Å². The predicted octanol–water partition coefficient (Wildman–Crippen LogP) is 8.02. The molecule has 0 radical (unpaired) electrons. The monoisotopic (exact) mass is 1470 g/mol. The van der Waals surface area contributed by atoms with Gasteiger partial charge < -0.3 is 95.0 Å². The minimum atomic E-state index is -2.58. The molecule has 1 amide bonds. The predicted molar refractivity (Wildman–Crippen MR) is 363 cm³/mol. The Kier molecular flexibility index (Phi) is 21.8. The smallest absolute Gasteiger partial charge is 0.407 e. The summed E-state index contributed by atoms with van der Waals surface area (Å²) in [6, 6.07) is -1.24. The van der Waals surface area contributed by atoms with Crippen LogP contribution in [0, 0.1) is 90.7 Å². The number of aldehydes is 1. The van der Waals surface area contributed by atoms with E-state index in [9.17, 15) is 55.5 Å². The number of esters is 1. The summed E-state index contributed by atoms with van der Waals surface area (Å²) in [5, 5.41) is 106. The second-order valence-corrected chi connectivity index (χ2v) is 37.0. The van der Waals surface area contributed by atoms with Crippen LogP contribution in [0.25, 0.3) is 0 Å². The number of aliphatic hydroxyl groups excluding tert-OH is 7. The number of amides is 1. The highest BCUT2D eigenvalue weighted by atomic mass is 127. The van der Waals surface area contributed by atoms with Crippen molar-refractivity contribution in [1.82, 2.24) is 5.32 Å². The number of hydrogen-bond donors (Lipinski definition) is 11. The van der Waals surface area contributed by atoms with E-state index in [1.165, 1.54) is 45.4 Å². The molecule has 21 nitrogen and oxygen atoms in total. The zero-order valence-electron chi connectivity index (χ0n) is 59.4. The van der Waals surface area contributed by atoms with E-state index in [1.54, 1.807) is 0 Å². The van der Waals surface area contributed by atoms with Crippen molar-refractivity contribution in [2.75, 3.05) is 13.2 Å². The van der Waals surface area contributed by atoms with E-state index in [0.29, 0.717) is 74.0 Å². The number of alkyl halides is 1. The molecule has 0 spiro atoms. The van der Waals surface area contributed by atoms with E-state index in [1.807, 2.05) is 6.92 Å². The molecule has 22 heteroatoms. The van der Waals surface area contributed by atoms with Crippen LogP contribution in [0.2, 0.25) is 0 Å². The maximum absolute atomic E-state index is 16.0. The third-order valence-electron chi connectivity index (χ3n) is 29.0. The molecule has 548 valence electrons. The average molecular weight is 1470 g/mol. The molecule has 11 aliphatic rings. The molecule has 7 saturated carbocycles. The number of allylic oxidation sites excluding steroid dienone is 2. The highest BCUT2D eigenvalue weighted by Gasteiger charge is 2.72. The number of carbonyl (C=O) groups excluding carboxylic acids is 3. The molecule has 3 heterocycles. The van der Waals surface area contributed by atoms with Gasteiger partial charge in [-0.25, -0.2) is 4.79 Å². The van der Waals surface area contributed by atoms with Gasteiger partial charge in [0.2, 0.25) is 6.29 Å². The fourth-order valence-electron chi connectivity index (χ4n) is 23.0. The van der Waals surface area contributed by atoms with Crippen LogP contribution in [0.15, 0.2) is 11.6 Å². The number of hydrogen-bond acceptors (Lipinski definition) is 20. The molecule has 3 aliphatic heterocycles. The third-order valence-corrected chi connectivity index (χ3v) is 30.8. The molecule has 3 saturated heterocycles. The largest absolute Gasteiger partial charge is 0.446 e. The van der Waals surface area contributed by atoms with Crippen LogP contribution in [-0.4, -0.2) is 185 Å². The van der Waals surface area contributed by atoms with Gasteiger partial charge in [0.1, 0.15) is 54.4 Å². The van der Waals surface area contributed by atoms with Crippen LogP contribution in [0.3, 0.4) is 0 Å². The van der Waals surface area contributed by atoms with Gasteiger partial charge in [0, 0.05) is 6.04 Å². The quantitative estimate of drug-likeness (QED) is 0.0164. The summed E-state index contributed by atoms with van der Waals surface area (Å²) < 4.78 is 42.9. The Bertz CT molecular complexity index is 2810. The number of ether oxygens (including phenoxy) is 7. The van der Waals surface area contributed by atoms with Gasteiger partial charge in [0.25, 0.3) is 0 Å². The van der Waals surface area contributed by atoms with Crippen molar-refractivity contribution in [3.05, 3.63) is 11.6 Å². The normalized spacial score (nSPS) is 50.2. The van der Waals surface area contributed by atoms with Gasteiger partial charge in [0.15, 0.2) is 24.5 Å². The molecule has 21 unspecified atom stereocenters. The number of nitrogens with two attached hydrogens (primary N) is 1. The van der Waals surface area contributed by atoms with Crippen LogP contribution in [0.5, 0.6) is 0 Å². The lowest BCUT2D eigenvalue weighted by molar-refractivity contribution is -0.373. The first-order valence-corrected chi connectivity index (χ1v) is 38.2. The molecule has 12 N–H and O–H groups in total. The van der Waals surface area contributed by atoms with E-state index in [4.69, 9.17) is 38.9 Å². The number of carbonyl (C=O) groups is 3. The third kappa shape index (κ3) is 13.0. The maximum Gasteiger partial charge on any atom is 0.407 e. The Morgan fingerprint density at radius 2 is 1.47 bits per heavy atom. The van der Waals surface area contributed by atoms with Gasteiger partial charge in [-0.2, -0.15) is 0 Å². The van der Waals surface area contributed by atoms with Gasteiger partial charge in [-0.05, 0) is 202 Å². The Morgan fingerprint density at radius 3 is 2.15 bits per heavy atom. The van der Waals surface area contributed by atoms with Crippen molar-refractivity contribution in [1.29, 1.82) is 0 Å². The van der Waals surface area contributed by atoms with Gasteiger partial charge in [-0.3, -0.25) is 4.79 Å². The van der Waals surface area contributed by atoms with Crippen LogP contribution in [0.4, 0.5) is 4.79 Å². The molecule has 10 fully saturated rings. The fourth-order valence-corrected chi connectivity index (χ4v) is 24.9. The van der Waals surface area contributed by atoms with Crippen LogP contribution in [-0.2, 0) is 42.7 Å². The number of fused-ring (bicyclic) bond motifs is 10. The lowest BCUT2D eigenvalue weighted by Crippen LogP contribution is -2.69. The summed E-state index contributed by atoms with van der Waals surface area (Å²) in [5.41, 5.74) is 4.16. The number of rotatable bonds is 17. The summed E-state index contributed by atoms with van der Waals surface area (Å²) >= 11 is 2.31. The molecular weight excluding hydrogens is 1350 g/mol. The number of aliphatic hydroxyl groups is 9. The minimum absolute atomic E-state index is 0.0576. The molecule has 0 aromatic carbocycles. The zero-order valence-corrected chi connectivity index (χ0v) is 61.6. The van der Waals surface area contributed by atoms with Crippen LogP contribution < -0.4 is 11.1 Å². The lowest BCUT2D eigenvalue weighted by Gasteiger charge is -2.70. The standard InChI is InChI=1S/C74H121IN2O19/c1-38(2)14-13-15-47(76)45-19-18-43-42-17-16-40-32-41(22-26-67(40,7)44(42)23-27-68(43,45)8)92-65(87)77-55-48(35-78)93-63(60(56(55)83)95-62-58(85)57(84)59(39(3)91-62)94-54-34-74(88,89)53(82)36-90-54)96-64(86)73(31-30-66(4,5)6)52(81)33-72(12)46(61(73)75)20-21-50-69(9)28-25-51(80)70(10,37-79)49(69)24-29-71(50,72)11/h20,37-45,47-63,78,80-85,88-89H,13-19,21-36,76H2,1-12H3,(H,77,87)/t39?,40?,41?,42?,43?,44?,45?,47-,48?,49?,50?,51+,52?,53-,54+,55+,56?,57?,58?,59+,60?,61?,62+,63+,67?,68?,69?,70?,71?,72-,73+/m1/s1. The van der Waals surface area contributed by atoms with Crippen molar-refractivity contribution < 1.29 is 93.5 Å². The lowest BCUT2D eigenvalue weighted by atomic mass is 9.35. The maximum atomic E-state index is 16.0. The highest BCUT2D eigenvalue weighted by Crippen LogP contribution is 2.75. The van der Waals surface area contributed by atoms with Gasteiger partial charge in [0.05, 0.1) is 53.3 Å². The zero-order chi connectivity index (χ0) is 70.0. The van der Waals surface area contributed by atoms with Crippen molar-refractivity contribution in [3.63, 3.8) is 0 Å². The van der Waals surface area contributed by atoms with Crippen molar-refractivity contribution in [2.24, 2.45) is 96.4 Å². The summed E-state index contributed by atoms with van der Waals surface area (Å²) in [7, 11) is 0. The summed E-state index contributed by atoms with van der Waals surface area (Å²) in [4.78, 5) is 43.4. The van der Waals surface area contributed by atoms with E-state index in [-0.39, 0.29) is 52.4 Å². The van der Waals surface area contributed by atoms with Gasteiger partial charge in [-0.15, -0.1) is 0 Å². The molecule has 8 aliphatic carbocycles. The number of alkyl carbamates (subject to hydrolysis) is 1. The first-order valence-electron chi connectivity index (χ1n) is 37.0. The molecular formula is C74H121IN2O19. The van der Waals surface area contributed by atoms with E-state index >= 15 is 4.79 Å². The topological polar surface area (TPSA) is 336 Å². The minimum Gasteiger partial charge on any atom is -0.446 e. The average Bonchev–Trinajstić information content (AvgIpc) is 0.756. The summed E-state index contributed by atoms with van der Waals surface area (Å²) in [6.07, 6.45) is -2.03. The number of halogens is 1. The molecule has 0 aromatic heterocycles. The first kappa shape index (κ1) is 75.4. The van der Waals surface area contributed by atoms with Crippen LogP contribution in [0.1, 0.15) is 218 Å². The Morgan fingerprint density at radius 1 is 0.771 bits per heavy atom. The van der Waals surface area contributed by atoms with Gasteiger partial charge >= 0.3 is 12.1 Å². The Hall–Kier alpha value is -1.72. The van der Waals surface area contributed by atoms with Crippen molar-refractivity contribution >= 4 is 40.9 Å².